The SMILES string of the molecule is COCC(C)NC(N)=NCC(C)N(C)Cc1ccccc1.I. The highest BCUT2D eigenvalue weighted by Crippen LogP contribution is 2.06. The number of ether oxygens (including phenoxy) is 1. The Hall–Kier alpha value is -0.860. The minimum atomic E-state index is 0. The monoisotopic (exact) mass is 420 g/mol. The second-order valence-electron chi connectivity index (χ2n) is 5.48. The van der Waals surface area contributed by atoms with E-state index in [9.17, 15) is 0 Å². The maximum Gasteiger partial charge on any atom is 0.188 e. The van der Waals surface area contributed by atoms with Gasteiger partial charge in [-0.25, -0.2) is 0 Å². The van der Waals surface area contributed by atoms with E-state index in [1.165, 1.54) is 5.56 Å². The van der Waals surface area contributed by atoms with Gasteiger partial charge in [0.15, 0.2) is 5.96 Å². The summed E-state index contributed by atoms with van der Waals surface area (Å²) in [6.07, 6.45) is 0. The number of guanidine groups is 1. The smallest absolute Gasteiger partial charge is 0.188 e. The van der Waals surface area contributed by atoms with Crippen molar-refractivity contribution in [1.82, 2.24) is 10.2 Å². The molecule has 0 saturated heterocycles. The van der Waals surface area contributed by atoms with Crippen molar-refractivity contribution in [3.8, 4) is 0 Å². The van der Waals surface area contributed by atoms with Crippen molar-refractivity contribution in [2.45, 2.75) is 32.5 Å². The quantitative estimate of drug-likeness (QED) is 0.384. The molecule has 5 nitrogen and oxygen atoms in total. The van der Waals surface area contributed by atoms with Crippen LogP contribution in [0.5, 0.6) is 0 Å². The van der Waals surface area contributed by atoms with Crippen molar-refractivity contribution in [2.24, 2.45) is 10.7 Å². The van der Waals surface area contributed by atoms with E-state index < -0.39 is 0 Å². The lowest BCUT2D eigenvalue weighted by atomic mass is 10.2. The molecule has 0 aliphatic heterocycles. The molecule has 0 heterocycles. The summed E-state index contributed by atoms with van der Waals surface area (Å²) in [4.78, 5) is 6.66. The number of likely N-dealkylation sites (N-methyl/N-ethyl adjacent to an activating group) is 1. The zero-order chi connectivity index (χ0) is 15.7. The van der Waals surface area contributed by atoms with E-state index in [0.29, 0.717) is 25.2 Å². The van der Waals surface area contributed by atoms with E-state index in [2.05, 4.69) is 53.4 Å². The molecule has 0 aliphatic carbocycles. The number of nitrogens with one attached hydrogen (secondary N) is 1. The third-order valence-electron chi connectivity index (χ3n) is 3.36. The van der Waals surface area contributed by atoms with E-state index in [0.717, 1.165) is 6.54 Å². The van der Waals surface area contributed by atoms with Crippen LogP contribution in [0.25, 0.3) is 0 Å². The zero-order valence-electron chi connectivity index (χ0n) is 14.0. The molecule has 2 unspecified atom stereocenters. The van der Waals surface area contributed by atoms with Crippen molar-refractivity contribution >= 4 is 29.9 Å². The fraction of sp³-hybridized carbons (Fsp3) is 0.562. The Balaban J connectivity index is 0.00000441. The molecule has 0 amide bonds. The molecule has 0 bridgehead atoms. The number of methoxy groups -OCH3 is 1. The maximum atomic E-state index is 5.87. The van der Waals surface area contributed by atoms with E-state index in [4.69, 9.17) is 10.5 Å². The van der Waals surface area contributed by atoms with Crippen molar-refractivity contribution in [2.75, 3.05) is 27.3 Å². The van der Waals surface area contributed by atoms with Gasteiger partial charge in [-0.15, -0.1) is 24.0 Å². The number of hydrogen-bond donors (Lipinski definition) is 2. The van der Waals surface area contributed by atoms with E-state index in [1.807, 2.05) is 13.0 Å². The van der Waals surface area contributed by atoms with Gasteiger partial charge >= 0.3 is 0 Å². The first kappa shape index (κ1) is 21.1. The molecule has 0 radical (unpaired) electrons. The number of nitrogens with zero attached hydrogens (tertiary/aromatic N) is 2. The lowest BCUT2D eigenvalue weighted by Crippen LogP contribution is -2.41. The number of benzene rings is 1. The topological polar surface area (TPSA) is 62.9 Å². The Morgan fingerprint density at radius 3 is 2.55 bits per heavy atom. The summed E-state index contributed by atoms with van der Waals surface area (Å²) >= 11 is 0. The van der Waals surface area contributed by atoms with E-state index in [-0.39, 0.29) is 30.0 Å². The van der Waals surface area contributed by atoms with E-state index >= 15 is 0 Å². The number of aliphatic imine (C=N–C) groups is 1. The number of hydrogen-bond acceptors (Lipinski definition) is 3. The average molecular weight is 420 g/mol. The highest BCUT2D eigenvalue weighted by molar-refractivity contribution is 14.0. The number of rotatable bonds is 8. The standard InChI is InChI=1S/C16H28N4O.HI/c1-13(12-21-4)19-16(17)18-10-14(2)20(3)11-15-8-6-5-7-9-15;/h5-9,13-14H,10-12H2,1-4H3,(H3,17,18,19);1H. The van der Waals surface area contributed by atoms with Gasteiger partial charge < -0.3 is 15.8 Å². The highest BCUT2D eigenvalue weighted by Gasteiger charge is 2.09. The van der Waals surface area contributed by atoms with Crippen LogP contribution in [0.3, 0.4) is 0 Å². The van der Waals surface area contributed by atoms with Gasteiger partial charge in [0, 0.05) is 25.7 Å². The van der Waals surface area contributed by atoms with Gasteiger partial charge in [0.25, 0.3) is 0 Å². The Bertz CT molecular complexity index is 427. The molecule has 0 aromatic heterocycles. The van der Waals surface area contributed by atoms with Crippen LogP contribution in [-0.2, 0) is 11.3 Å². The molecule has 0 fully saturated rings. The van der Waals surface area contributed by atoms with E-state index in [1.54, 1.807) is 7.11 Å². The Labute approximate surface area is 151 Å². The molecule has 6 heteroatoms. The summed E-state index contributed by atoms with van der Waals surface area (Å²) in [5.41, 5.74) is 7.17. The lowest BCUT2D eigenvalue weighted by Gasteiger charge is -2.23. The molecule has 0 spiro atoms. The second kappa shape index (κ2) is 11.7. The van der Waals surface area contributed by atoms with Crippen LogP contribution in [0.15, 0.2) is 35.3 Å². The average Bonchev–Trinajstić information content (AvgIpc) is 2.46. The summed E-state index contributed by atoms with van der Waals surface area (Å²) in [7, 11) is 3.77. The Morgan fingerprint density at radius 2 is 1.95 bits per heavy atom. The third-order valence-corrected chi connectivity index (χ3v) is 3.36. The molecule has 22 heavy (non-hydrogen) atoms. The summed E-state index contributed by atoms with van der Waals surface area (Å²) < 4.78 is 5.05. The minimum Gasteiger partial charge on any atom is -0.383 e. The first-order chi connectivity index (χ1) is 10.0. The van der Waals surface area contributed by atoms with Gasteiger partial charge in [0.2, 0.25) is 0 Å². The highest BCUT2D eigenvalue weighted by atomic mass is 127. The van der Waals surface area contributed by atoms with Crippen LogP contribution in [0.4, 0.5) is 0 Å². The Morgan fingerprint density at radius 1 is 1.32 bits per heavy atom. The molecule has 1 rings (SSSR count). The molecule has 3 N–H and O–H groups in total. The van der Waals surface area contributed by atoms with Crippen LogP contribution in [0, 0.1) is 0 Å². The summed E-state index contributed by atoms with van der Waals surface area (Å²) in [6, 6.07) is 10.9. The number of halogens is 1. The van der Waals surface area contributed by atoms with Crippen LogP contribution in [0.1, 0.15) is 19.4 Å². The zero-order valence-corrected chi connectivity index (χ0v) is 16.3. The first-order valence-corrected chi connectivity index (χ1v) is 7.32. The Kier molecular flexibility index (Phi) is 11.2. The van der Waals surface area contributed by atoms with Gasteiger partial charge in [-0.1, -0.05) is 30.3 Å². The van der Waals surface area contributed by atoms with Crippen molar-refractivity contribution in [1.29, 1.82) is 0 Å². The largest absolute Gasteiger partial charge is 0.383 e. The second-order valence-corrected chi connectivity index (χ2v) is 5.48. The third kappa shape index (κ3) is 8.55. The van der Waals surface area contributed by atoms with Crippen LogP contribution in [-0.4, -0.2) is 50.3 Å². The lowest BCUT2D eigenvalue weighted by molar-refractivity contribution is 0.179. The minimum absolute atomic E-state index is 0. The van der Waals surface area contributed by atoms with Crippen molar-refractivity contribution in [3.63, 3.8) is 0 Å². The van der Waals surface area contributed by atoms with Crippen molar-refractivity contribution < 1.29 is 4.74 Å². The molecule has 1 aromatic rings. The van der Waals surface area contributed by atoms with Gasteiger partial charge in [0.05, 0.1) is 13.2 Å². The molecule has 0 saturated carbocycles. The molecule has 0 aliphatic rings. The van der Waals surface area contributed by atoms with Crippen LogP contribution in [0.2, 0.25) is 0 Å². The van der Waals surface area contributed by atoms with Crippen LogP contribution < -0.4 is 11.1 Å². The molecule has 2 atom stereocenters. The summed E-state index contributed by atoms with van der Waals surface area (Å²) in [5.74, 6) is 0.472. The molecule has 126 valence electrons. The first-order valence-electron chi connectivity index (χ1n) is 7.32. The van der Waals surface area contributed by atoms with Crippen LogP contribution >= 0.6 is 24.0 Å². The summed E-state index contributed by atoms with van der Waals surface area (Å²) in [6.45, 7) is 6.35. The van der Waals surface area contributed by atoms with Crippen molar-refractivity contribution in [3.05, 3.63) is 35.9 Å². The fourth-order valence-corrected chi connectivity index (χ4v) is 1.99. The summed E-state index contributed by atoms with van der Waals surface area (Å²) in [5, 5.41) is 3.11. The predicted octanol–water partition coefficient (Wildman–Crippen LogP) is 2.06. The van der Waals surface area contributed by atoms with Gasteiger partial charge in [-0.05, 0) is 26.5 Å². The fourth-order valence-electron chi connectivity index (χ4n) is 1.99. The number of nitrogens with two attached hydrogens (primary N) is 1. The maximum absolute atomic E-state index is 5.87. The van der Waals surface area contributed by atoms with Gasteiger partial charge in [-0.2, -0.15) is 0 Å². The van der Waals surface area contributed by atoms with Gasteiger partial charge in [0.1, 0.15) is 0 Å². The normalized spacial score (nSPS) is 14.3. The predicted molar refractivity (Wildman–Crippen MR) is 104 cm³/mol. The van der Waals surface area contributed by atoms with Gasteiger partial charge in [-0.3, -0.25) is 9.89 Å². The molecular weight excluding hydrogens is 391 g/mol. The molecular formula is C16H29IN4O. The molecule has 1 aromatic carbocycles.